The Kier molecular flexibility index (Phi) is 6.91. The van der Waals surface area contributed by atoms with Crippen molar-refractivity contribution in [2.75, 3.05) is 0 Å². The van der Waals surface area contributed by atoms with Gasteiger partial charge in [-0.15, -0.1) is 0 Å². The molecule has 0 aliphatic heterocycles. The summed E-state index contributed by atoms with van der Waals surface area (Å²) in [6.45, 7) is 0. The number of aromatic nitrogens is 1. The maximum Gasteiger partial charge on any atom is 0.181 e. The van der Waals surface area contributed by atoms with Gasteiger partial charge in [0, 0.05) is 16.3 Å². The Morgan fingerprint density at radius 1 is 0.413 bits per heavy atom. The molecule has 1 heterocycles. The van der Waals surface area contributed by atoms with Crippen LogP contribution in [0.1, 0.15) is 5.56 Å². The lowest BCUT2D eigenvalue weighted by molar-refractivity contribution is 1.18. The van der Waals surface area contributed by atoms with Gasteiger partial charge in [0.1, 0.15) is 0 Å². The number of nitrogens with zero attached hydrogens (tertiary/aromatic N) is 2. The predicted octanol–water partition coefficient (Wildman–Crippen LogP) is 7.70. The first-order valence-corrected chi connectivity index (χ1v) is 17.6. The van der Waals surface area contributed by atoms with Crippen molar-refractivity contribution in [3.8, 4) is 22.9 Å². The summed E-state index contributed by atoms with van der Waals surface area (Å²) in [5, 5.41) is 18.2. The molecule has 0 aliphatic carbocycles. The van der Waals surface area contributed by atoms with Crippen molar-refractivity contribution in [3.05, 3.63) is 188 Å². The number of fused-ring (bicyclic) bond motifs is 3. The molecular formula is C43H30N2Si. The second kappa shape index (κ2) is 11.5. The van der Waals surface area contributed by atoms with Gasteiger partial charge in [0.05, 0.1) is 28.4 Å². The van der Waals surface area contributed by atoms with Crippen LogP contribution in [0.25, 0.3) is 38.6 Å². The van der Waals surface area contributed by atoms with Crippen LogP contribution in [0.4, 0.5) is 0 Å². The first-order valence-electron chi connectivity index (χ1n) is 15.6. The molecule has 0 spiro atoms. The number of para-hydroxylation sites is 3. The third kappa shape index (κ3) is 4.23. The molecule has 0 aliphatic rings. The standard InChI is InChI=1S/C43H30N2Si/c44-31-32-17-16-27-39(38-26-12-15-30-42(38)45-40-28-13-10-24-36(40)37-25-11-14-29-41(37)45)43(32)46(33-18-4-1-5-19-33,34-20-6-2-7-21-34)35-22-8-3-9-23-35/h1-30H. The second-order valence-corrected chi connectivity index (χ2v) is 15.3. The van der Waals surface area contributed by atoms with E-state index in [1.165, 1.54) is 26.3 Å². The highest BCUT2D eigenvalue weighted by Crippen LogP contribution is 2.36. The van der Waals surface area contributed by atoms with Crippen molar-refractivity contribution >= 4 is 50.6 Å². The first kappa shape index (κ1) is 27.6. The average Bonchev–Trinajstić information content (AvgIpc) is 3.48. The topological polar surface area (TPSA) is 28.7 Å². The third-order valence-electron chi connectivity index (χ3n) is 9.20. The molecule has 0 saturated heterocycles. The third-order valence-corrected chi connectivity index (χ3v) is 14.1. The molecular weight excluding hydrogens is 573 g/mol. The summed E-state index contributed by atoms with van der Waals surface area (Å²) < 4.78 is 2.39. The lowest BCUT2D eigenvalue weighted by Crippen LogP contribution is -2.75. The van der Waals surface area contributed by atoms with Crippen LogP contribution in [-0.4, -0.2) is 12.6 Å². The Morgan fingerprint density at radius 3 is 1.37 bits per heavy atom. The smallest absolute Gasteiger partial charge is 0.181 e. The maximum absolute atomic E-state index is 10.9. The number of rotatable bonds is 6. The molecule has 3 heteroatoms. The average molecular weight is 603 g/mol. The van der Waals surface area contributed by atoms with Crippen LogP contribution < -0.4 is 20.7 Å². The zero-order valence-corrected chi connectivity index (χ0v) is 26.2. The summed E-state index contributed by atoms with van der Waals surface area (Å²) in [5.74, 6) is 0. The molecule has 0 bridgehead atoms. The molecule has 7 aromatic carbocycles. The van der Waals surface area contributed by atoms with E-state index in [0.29, 0.717) is 5.56 Å². The van der Waals surface area contributed by atoms with Crippen molar-refractivity contribution < 1.29 is 0 Å². The van der Waals surface area contributed by atoms with E-state index in [4.69, 9.17) is 0 Å². The van der Waals surface area contributed by atoms with E-state index in [1.54, 1.807) is 0 Å². The molecule has 8 rings (SSSR count). The molecule has 0 radical (unpaired) electrons. The van der Waals surface area contributed by atoms with Crippen LogP contribution in [0.5, 0.6) is 0 Å². The molecule has 0 fully saturated rings. The Hall–Kier alpha value is -5.95. The maximum atomic E-state index is 10.9. The lowest BCUT2D eigenvalue weighted by Gasteiger charge is -2.36. The summed E-state index contributed by atoms with van der Waals surface area (Å²) >= 11 is 0. The SMILES string of the molecule is N#Cc1cccc(-c2ccccc2-n2c3ccccc3c3ccccc32)c1[Si](c1ccccc1)(c1ccccc1)c1ccccc1. The minimum Gasteiger partial charge on any atom is -0.309 e. The van der Waals surface area contributed by atoms with Crippen molar-refractivity contribution in [1.82, 2.24) is 4.57 Å². The number of hydrogen-bond donors (Lipinski definition) is 0. The summed E-state index contributed by atoms with van der Waals surface area (Å²) in [4.78, 5) is 0. The van der Waals surface area contributed by atoms with E-state index in [-0.39, 0.29) is 0 Å². The van der Waals surface area contributed by atoms with E-state index in [2.05, 4.69) is 180 Å². The van der Waals surface area contributed by atoms with Gasteiger partial charge in [-0.05, 0) is 50.6 Å². The van der Waals surface area contributed by atoms with Crippen molar-refractivity contribution in [1.29, 1.82) is 5.26 Å². The van der Waals surface area contributed by atoms with Crippen LogP contribution in [0, 0.1) is 11.3 Å². The van der Waals surface area contributed by atoms with Gasteiger partial charge in [-0.3, -0.25) is 0 Å². The van der Waals surface area contributed by atoms with Gasteiger partial charge in [-0.25, -0.2) is 0 Å². The molecule has 0 saturated carbocycles. The molecule has 216 valence electrons. The molecule has 2 nitrogen and oxygen atoms in total. The molecule has 46 heavy (non-hydrogen) atoms. The van der Waals surface area contributed by atoms with Gasteiger partial charge in [-0.2, -0.15) is 5.26 Å². The van der Waals surface area contributed by atoms with E-state index < -0.39 is 8.07 Å². The summed E-state index contributed by atoms with van der Waals surface area (Å²) in [5.41, 5.74) is 6.30. The summed E-state index contributed by atoms with van der Waals surface area (Å²) in [6.07, 6.45) is 0. The zero-order valence-electron chi connectivity index (χ0n) is 25.2. The van der Waals surface area contributed by atoms with Crippen LogP contribution in [0.2, 0.25) is 0 Å². The highest BCUT2D eigenvalue weighted by Gasteiger charge is 2.44. The van der Waals surface area contributed by atoms with Gasteiger partial charge in [0.2, 0.25) is 0 Å². The normalized spacial score (nSPS) is 11.5. The van der Waals surface area contributed by atoms with E-state index in [9.17, 15) is 5.26 Å². The largest absolute Gasteiger partial charge is 0.309 e. The molecule has 8 aromatic rings. The minimum absolute atomic E-state index is 0.706. The van der Waals surface area contributed by atoms with E-state index in [0.717, 1.165) is 33.0 Å². The fourth-order valence-corrected chi connectivity index (χ4v) is 12.5. The van der Waals surface area contributed by atoms with Crippen molar-refractivity contribution in [3.63, 3.8) is 0 Å². The number of nitriles is 1. The van der Waals surface area contributed by atoms with Gasteiger partial charge in [0.15, 0.2) is 8.07 Å². The van der Waals surface area contributed by atoms with Gasteiger partial charge in [0.25, 0.3) is 0 Å². The molecule has 0 atom stereocenters. The van der Waals surface area contributed by atoms with Gasteiger partial charge in [-0.1, -0.05) is 158 Å². The van der Waals surface area contributed by atoms with Crippen LogP contribution >= 0.6 is 0 Å². The van der Waals surface area contributed by atoms with Gasteiger partial charge < -0.3 is 4.57 Å². The second-order valence-electron chi connectivity index (χ2n) is 11.6. The van der Waals surface area contributed by atoms with Gasteiger partial charge >= 0.3 is 0 Å². The minimum atomic E-state index is -3.04. The van der Waals surface area contributed by atoms with Crippen LogP contribution in [0.15, 0.2) is 182 Å². The van der Waals surface area contributed by atoms with Crippen molar-refractivity contribution in [2.45, 2.75) is 0 Å². The highest BCUT2D eigenvalue weighted by atomic mass is 28.3. The fraction of sp³-hybridized carbons (Fsp3) is 0. The summed E-state index contributed by atoms with van der Waals surface area (Å²) in [7, 11) is -3.04. The molecule has 0 N–H and O–H groups in total. The Balaban J connectivity index is 1.54. The number of hydrogen-bond acceptors (Lipinski definition) is 1. The van der Waals surface area contributed by atoms with Crippen LogP contribution in [0.3, 0.4) is 0 Å². The Bertz CT molecular complexity index is 2220. The van der Waals surface area contributed by atoms with E-state index in [1.807, 2.05) is 12.1 Å². The lowest BCUT2D eigenvalue weighted by atomic mass is 10.0. The summed E-state index contributed by atoms with van der Waals surface area (Å²) in [6, 6.07) is 67.4. The fourth-order valence-electron chi connectivity index (χ4n) is 7.35. The monoisotopic (exact) mass is 602 g/mol. The highest BCUT2D eigenvalue weighted by molar-refractivity contribution is 7.20. The zero-order chi connectivity index (χ0) is 30.9. The van der Waals surface area contributed by atoms with Crippen molar-refractivity contribution in [2.24, 2.45) is 0 Å². The van der Waals surface area contributed by atoms with Crippen LogP contribution in [-0.2, 0) is 0 Å². The first-order chi connectivity index (χ1) is 22.8. The molecule has 1 aromatic heterocycles. The predicted molar refractivity (Wildman–Crippen MR) is 195 cm³/mol. The Labute approximate surface area is 270 Å². The molecule has 0 unspecified atom stereocenters. The van der Waals surface area contributed by atoms with E-state index >= 15 is 0 Å². The molecule has 0 amide bonds. The Morgan fingerprint density at radius 2 is 0.848 bits per heavy atom. The quantitative estimate of drug-likeness (QED) is 0.142. The number of benzene rings is 7.